The Morgan fingerprint density at radius 1 is 1.53 bits per heavy atom. The molecule has 1 amide bonds. The van der Waals surface area contributed by atoms with Crippen LogP contribution in [0.25, 0.3) is 0 Å². The van der Waals surface area contributed by atoms with Gasteiger partial charge in [-0.05, 0) is 13.8 Å². The second-order valence-corrected chi connectivity index (χ2v) is 5.25. The van der Waals surface area contributed by atoms with E-state index >= 15 is 0 Å². The minimum Gasteiger partial charge on any atom is -0.454 e. The molecule has 3 N–H and O–H groups in total. The standard InChI is InChI=1S/C11H16N2O6/c1-4-11(2,17)9(16)12-10-13(4)8-7(19-10)6(15)5(3-14)18-8/h4-8,14-15,17H,3H2,1-2H3. The molecule has 8 nitrogen and oxygen atoms in total. The Balaban J connectivity index is 1.95. The number of ether oxygens (including phenoxy) is 2. The summed E-state index contributed by atoms with van der Waals surface area (Å²) < 4.78 is 10.9. The molecule has 6 atom stereocenters. The number of aliphatic imine (C=N–C) groups is 1. The highest BCUT2D eigenvalue weighted by molar-refractivity contribution is 5.99. The van der Waals surface area contributed by atoms with Crippen molar-refractivity contribution in [3.63, 3.8) is 0 Å². The van der Waals surface area contributed by atoms with Gasteiger partial charge < -0.3 is 24.8 Å². The van der Waals surface area contributed by atoms with Crippen molar-refractivity contribution >= 4 is 11.9 Å². The van der Waals surface area contributed by atoms with E-state index in [0.717, 1.165) is 0 Å². The van der Waals surface area contributed by atoms with Crippen LogP contribution in [-0.4, -0.2) is 74.9 Å². The number of carbonyl (C=O) groups excluding carboxylic acids is 1. The lowest BCUT2D eigenvalue weighted by Gasteiger charge is -2.39. The monoisotopic (exact) mass is 272 g/mol. The van der Waals surface area contributed by atoms with Crippen molar-refractivity contribution in [1.82, 2.24) is 4.90 Å². The second-order valence-electron chi connectivity index (χ2n) is 5.25. The fraction of sp³-hybridized carbons (Fsp3) is 0.818. The van der Waals surface area contributed by atoms with E-state index in [1.165, 1.54) is 11.8 Å². The van der Waals surface area contributed by atoms with Gasteiger partial charge >= 0.3 is 0 Å². The van der Waals surface area contributed by atoms with E-state index in [1.54, 1.807) is 6.92 Å². The normalized spacial score (nSPS) is 48.7. The van der Waals surface area contributed by atoms with E-state index in [-0.39, 0.29) is 12.6 Å². The maximum atomic E-state index is 11.7. The zero-order valence-electron chi connectivity index (χ0n) is 10.6. The van der Waals surface area contributed by atoms with Gasteiger partial charge in [0.1, 0.15) is 12.2 Å². The van der Waals surface area contributed by atoms with Crippen LogP contribution in [0.3, 0.4) is 0 Å². The fourth-order valence-electron chi connectivity index (χ4n) is 2.63. The van der Waals surface area contributed by atoms with Crippen molar-refractivity contribution in [2.75, 3.05) is 6.61 Å². The Kier molecular flexibility index (Phi) is 2.62. The number of aliphatic hydroxyl groups is 3. The van der Waals surface area contributed by atoms with E-state index in [9.17, 15) is 15.0 Å². The number of fused-ring (bicyclic) bond motifs is 3. The first-order chi connectivity index (χ1) is 8.87. The minimum absolute atomic E-state index is 0.0504. The Morgan fingerprint density at radius 2 is 2.21 bits per heavy atom. The molecule has 3 heterocycles. The van der Waals surface area contributed by atoms with Gasteiger partial charge in [0, 0.05) is 0 Å². The third kappa shape index (κ3) is 1.54. The molecule has 0 aromatic rings. The molecular formula is C11H16N2O6. The Labute approximate surface area is 109 Å². The summed E-state index contributed by atoms with van der Waals surface area (Å²) in [7, 11) is 0. The second kappa shape index (κ2) is 3.89. The van der Waals surface area contributed by atoms with Gasteiger partial charge in [0.25, 0.3) is 11.9 Å². The molecule has 8 heteroatoms. The summed E-state index contributed by atoms with van der Waals surface area (Å²) in [4.78, 5) is 16.9. The lowest BCUT2D eigenvalue weighted by Crippen LogP contribution is -2.60. The van der Waals surface area contributed by atoms with Crippen molar-refractivity contribution in [2.24, 2.45) is 4.99 Å². The number of aliphatic hydroxyl groups excluding tert-OH is 2. The maximum absolute atomic E-state index is 11.7. The molecule has 0 bridgehead atoms. The highest BCUT2D eigenvalue weighted by atomic mass is 16.6. The third-order valence-corrected chi connectivity index (χ3v) is 4.09. The highest BCUT2D eigenvalue weighted by Crippen LogP contribution is 2.38. The first-order valence-electron chi connectivity index (χ1n) is 6.12. The van der Waals surface area contributed by atoms with Crippen molar-refractivity contribution in [3.05, 3.63) is 0 Å². The molecule has 0 aliphatic carbocycles. The molecule has 2 saturated heterocycles. The van der Waals surface area contributed by atoms with E-state index in [0.29, 0.717) is 0 Å². The summed E-state index contributed by atoms with van der Waals surface area (Å²) in [6.07, 6.45) is -3.14. The van der Waals surface area contributed by atoms with Crippen molar-refractivity contribution in [1.29, 1.82) is 0 Å². The molecule has 106 valence electrons. The Hall–Kier alpha value is -1.22. The maximum Gasteiger partial charge on any atom is 0.298 e. The smallest absolute Gasteiger partial charge is 0.298 e. The number of hydrogen-bond donors (Lipinski definition) is 3. The zero-order valence-corrected chi connectivity index (χ0v) is 10.6. The van der Waals surface area contributed by atoms with E-state index in [2.05, 4.69) is 4.99 Å². The molecule has 0 aromatic heterocycles. The summed E-state index contributed by atoms with van der Waals surface area (Å²) in [5, 5.41) is 29.2. The summed E-state index contributed by atoms with van der Waals surface area (Å²) >= 11 is 0. The average molecular weight is 272 g/mol. The molecule has 0 radical (unpaired) electrons. The number of amides is 1. The predicted octanol–water partition coefficient (Wildman–Crippen LogP) is -2.20. The van der Waals surface area contributed by atoms with Crippen LogP contribution in [0, 0.1) is 0 Å². The van der Waals surface area contributed by atoms with Gasteiger partial charge in [-0.3, -0.25) is 9.69 Å². The third-order valence-electron chi connectivity index (χ3n) is 4.09. The van der Waals surface area contributed by atoms with Crippen LogP contribution >= 0.6 is 0 Å². The summed E-state index contributed by atoms with van der Waals surface area (Å²) in [5.41, 5.74) is -1.65. The Bertz CT molecular complexity index is 450. The number of carbonyl (C=O) groups is 1. The molecule has 0 aromatic carbocycles. The van der Waals surface area contributed by atoms with Gasteiger partial charge in [-0.1, -0.05) is 0 Å². The Morgan fingerprint density at radius 3 is 2.84 bits per heavy atom. The average Bonchev–Trinajstić information content (AvgIpc) is 2.84. The van der Waals surface area contributed by atoms with Crippen molar-refractivity contribution in [2.45, 2.75) is 50.0 Å². The first kappa shape index (κ1) is 12.8. The first-order valence-corrected chi connectivity index (χ1v) is 6.12. The van der Waals surface area contributed by atoms with Crippen molar-refractivity contribution < 1.29 is 29.6 Å². The van der Waals surface area contributed by atoms with Crippen LogP contribution < -0.4 is 0 Å². The fourth-order valence-corrected chi connectivity index (χ4v) is 2.63. The van der Waals surface area contributed by atoms with E-state index in [4.69, 9.17) is 14.6 Å². The number of rotatable bonds is 1. The molecule has 6 unspecified atom stereocenters. The van der Waals surface area contributed by atoms with Crippen LogP contribution in [0.1, 0.15) is 13.8 Å². The molecule has 3 rings (SSSR count). The molecule has 3 aliphatic heterocycles. The van der Waals surface area contributed by atoms with Crippen LogP contribution in [0.4, 0.5) is 0 Å². The summed E-state index contributed by atoms with van der Waals surface area (Å²) in [6, 6.07) is -0.554. The van der Waals surface area contributed by atoms with Gasteiger partial charge in [-0.25, -0.2) is 0 Å². The number of hydrogen-bond acceptors (Lipinski definition) is 7. The molecule has 0 spiro atoms. The largest absolute Gasteiger partial charge is 0.454 e. The summed E-state index contributed by atoms with van der Waals surface area (Å²) in [6.45, 7) is 2.70. The van der Waals surface area contributed by atoms with Crippen LogP contribution in [-0.2, 0) is 14.3 Å². The molecule has 0 saturated carbocycles. The molecular weight excluding hydrogens is 256 g/mol. The molecule has 19 heavy (non-hydrogen) atoms. The minimum atomic E-state index is -1.65. The number of nitrogens with zero attached hydrogens (tertiary/aromatic N) is 2. The number of amidine groups is 1. The SMILES string of the molecule is CC1N2C(=NC(=O)C1(C)O)OC1C(O)C(CO)OC12. The van der Waals surface area contributed by atoms with E-state index in [1.807, 2.05) is 0 Å². The van der Waals surface area contributed by atoms with Crippen molar-refractivity contribution in [3.8, 4) is 0 Å². The predicted molar refractivity (Wildman–Crippen MR) is 61.0 cm³/mol. The molecule has 2 fully saturated rings. The van der Waals surface area contributed by atoms with Gasteiger partial charge in [-0.15, -0.1) is 0 Å². The summed E-state index contributed by atoms with van der Waals surface area (Å²) in [5.74, 6) is -0.681. The van der Waals surface area contributed by atoms with Crippen LogP contribution in [0.2, 0.25) is 0 Å². The highest BCUT2D eigenvalue weighted by Gasteiger charge is 2.60. The van der Waals surface area contributed by atoms with Crippen LogP contribution in [0.5, 0.6) is 0 Å². The quantitative estimate of drug-likeness (QED) is 0.496. The topological polar surface area (TPSA) is 112 Å². The zero-order chi connectivity index (χ0) is 13.9. The van der Waals surface area contributed by atoms with Gasteiger partial charge in [0.15, 0.2) is 17.9 Å². The van der Waals surface area contributed by atoms with Gasteiger partial charge in [0.05, 0.1) is 12.6 Å². The van der Waals surface area contributed by atoms with Crippen LogP contribution in [0.15, 0.2) is 4.99 Å². The van der Waals surface area contributed by atoms with Gasteiger partial charge in [0.2, 0.25) is 0 Å². The van der Waals surface area contributed by atoms with E-state index < -0.39 is 42.1 Å². The molecule has 3 aliphatic rings. The lowest BCUT2D eigenvalue weighted by atomic mass is 9.94. The lowest BCUT2D eigenvalue weighted by molar-refractivity contribution is -0.147. The van der Waals surface area contributed by atoms with Gasteiger partial charge in [-0.2, -0.15) is 4.99 Å².